The zero-order valence-corrected chi connectivity index (χ0v) is 9.19. The Morgan fingerprint density at radius 1 is 1.56 bits per heavy atom. The molecule has 2 rings (SSSR count). The van der Waals surface area contributed by atoms with Crippen LogP contribution in [0.3, 0.4) is 0 Å². The predicted molar refractivity (Wildman–Crippen MR) is 60.5 cm³/mol. The van der Waals surface area contributed by atoms with Crippen molar-refractivity contribution in [2.75, 3.05) is 19.0 Å². The third-order valence-electron chi connectivity index (χ3n) is 2.88. The fraction of sp³-hybridized carbons (Fsp3) is 0.417. The third-order valence-corrected chi connectivity index (χ3v) is 2.88. The van der Waals surface area contributed by atoms with Gasteiger partial charge in [-0.3, -0.25) is 4.79 Å². The molecule has 0 spiro atoms. The molecule has 0 saturated heterocycles. The lowest BCUT2D eigenvalue weighted by Crippen LogP contribution is -2.30. The first-order chi connectivity index (χ1) is 7.74. The number of nitrogens with one attached hydrogen (secondary N) is 1. The van der Waals surface area contributed by atoms with E-state index < -0.39 is 0 Å². The summed E-state index contributed by atoms with van der Waals surface area (Å²) in [4.78, 5) is 11.6. The molecule has 4 heteroatoms. The molecule has 1 amide bonds. The molecule has 1 aliphatic heterocycles. The van der Waals surface area contributed by atoms with Gasteiger partial charge in [0.15, 0.2) is 0 Å². The normalized spacial score (nSPS) is 18.9. The van der Waals surface area contributed by atoms with Gasteiger partial charge < -0.3 is 15.2 Å². The number of fused-ring (bicyclic) bond motifs is 1. The van der Waals surface area contributed by atoms with Gasteiger partial charge >= 0.3 is 0 Å². The average molecular weight is 221 g/mol. The lowest BCUT2D eigenvalue weighted by atomic mass is 9.91. The Hall–Kier alpha value is -1.55. The maximum Gasteiger partial charge on any atom is 0.227 e. The van der Waals surface area contributed by atoms with Crippen molar-refractivity contribution in [1.29, 1.82) is 0 Å². The van der Waals surface area contributed by atoms with Gasteiger partial charge in [-0.15, -0.1) is 0 Å². The summed E-state index contributed by atoms with van der Waals surface area (Å²) in [7, 11) is 1.62. The summed E-state index contributed by atoms with van der Waals surface area (Å²) in [6.45, 7) is 0.0391. The summed E-state index contributed by atoms with van der Waals surface area (Å²) in [6, 6.07) is 5.60. The summed E-state index contributed by atoms with van der Waals surface area (Å²) < 4.78 is 5.14. The van der Waals surface area contributed by atoms with Crippen LogP contribution in [0.2, 0.25) is 0 Å². The highest BCUT2D eigenvalue weighted by molar-refractivity contribution is 5.95. The van der Waals surface area contributed by atoms with E-state index in [1.807, 2.05) is 18.2 Å². The van der Waals surface area contributed by atoms with Crippen molar-refractivity contribution in [2.24, 2.45) is 5.92 Å². The number of ether oxygens (including phenoxy) is 1. The maximum atomic E-state index is 11.6. The third kappa shape index (κ3) is 2.02. The van der Waals surface area contributed by atoms with Crippen LogP contribution < -0.4 is 10.1 Å². The maximum absolute atomic E-state index is 11.6. The first-order valence-corrected chi connectivity index (χ1v) is 5.33. The fourth-order valence-corrected chi connectivity index (χ4v) is 1.97. The second-order valence-electron chi connectivity index (χ2n) is 3.93. The summed E-state index contributed by atoms with van der Waals surface area (Å²) >= 11 is 0. The fourth-order valence-electron chi connectivity index (χ4n) is 1.97. The molecule has 0 aromatic heterocycles. The van der Waals surface area contributed by atoms with Crippen LogP contribution in [0.15, 0.2) is 18.2 Å². The van der Waals surface area contributed by atoms with Crippen molar-refractivity contribution in [3.63, 3.8) is 0 Å². The average Bonchev–Trinajstić information content (AvgIpc) is 2.30. The molecule has 0 fully saturated rings. The molecule has 1 atom stereocenters. The molecule has 2 N–H and O–H groups in total. The Balaban J connectivity index is 2.25. The Morgan fingerprint density at radius 2 is 2.38 bits per heavy atom. The molecule has 0 radical (unpaired) electrons. The van der Waals surface area contributed by atoms with Gasteiger partial charge in [0, 0.05) is 18.2 Å². The van der Waals surface area contributed by atoms with Gasteiger partial charge in [0.2, 0.25) is 5.91 Å². The number of anilines is 1. The SMILES string of the molecule is COc1ccc2c(c1)CC(CCO)C(=O)N2. The second-order valence-corrected chi connectivity index (χ2v) is 3.93. The number of carbonyl (C=O) groups excluding carboxylic acids is 1. The molecule has 4 nitrogen and oxygen atoms in total. The number of aliphatic hydroxyl groups is 1. The lowest BCUT2D eigenvalue weighted by molar-refractivity contribution is -0.120. The zero-order valence-electron chi connectivity index (χ0n) is 9.19. The highest BCUT2D eigenvalue weighted by Gasteiger charge is 2.25. The summed E-state index contributed by atoms with van der Waals surface area (Å²) in [5.41, 5.74) is 1.91. The van der Waals surface area contributed by atoms with E-state index in [0.29, 0.717) is 12.8 Å². The molecule has 1 aromatic carbocycles. The van der Waals surface area contributed by atoms with E-state index in [4.69, 9.17) is 9.84 Å². The van der Waals surface area contributed by atoms with Crippen molar-refractivity contribution in [3.8, 4) is 5.75 Å². The van der Waals surface area contributed by atoms with E-state index in [2.05, 4.69) is 5.32 Å². The van der Waals surface area contributed by atoms with Crippen molar-refractivity contribution in [2.45, 2.75) is 12.8 Å². The monoisotopic (exact) mass is 221 g/mol. The number of aliphatic hydroxyl groups excluding tert-OH is 1. The van der Waals surface area contributed by atoms with Gasteiger partial charge in [-0.05, 0) is 36.6 Å². The molecule has 0 saturated carbocycles. The van der Waals surface area contributed by atoms with Crippen LogP contribution in [0, 0.1) is 5.92 Å². The standard InChI is InChI=1S/C12H15NO3/c1-16-10-2-3-11-9(7-10)6-8(4-5-14)12(15)13-11/h2-3,7-8,14H,4-6H2,1H3,(H,13,15). The minimum Gasteiger partial charge on any atom is -0.497 e. The number of hydrogen-bond acceptors (Lipinski definition) is 3. The van der Waals surface area contributed by atoms with E-state index in [1.54, 1.807) is 7.11 Å². The highest BCUT2D eigenvalue weighted by atomic mass is 16.5. The van der Waals surface area contributed by atoms with E-state index in [9.17, 15) is 4.79 Å². The topological polar surface area (TPSA) is 58.6 Å². The van der Waals surface area contributed by atoms with Crippen molar-refractivity contribution in [1.82, 2.24) is 0 Å². The number of methoxy groups -OCH3 is 1. The lowest BCUT2D eigenvalue weighted by Gasteiger charge is -2.24. The highest BCUT2D eigenvalue weighted by Crippen LogP contribution is 2.30. The zero-order chi connectivity index (χ0) is 11.5. The van der Waals surface area contributed by atoms with Gasteiger partial charge in [0.25, 0.3) is 0 Å². The Labute approximate surface area is 94.2 Å². The van der Waals surface area contributed by atoms with E-state index in [0.717, 1.165) is 17.0 Å². The quantitative estimate of drug-likeness (QED) is 0.806. The first kappa shape index (κ1) is 11.0. The van der Waals surface area contributed by atoms with Crippen LogP contribution in [0.1, 0.15) is 12.0 Å². The first-order valence-electron chi connectivity index (χ1n) is 5.33. The van der Waals surface area contributed by atoms with Crippen molar-refractivity contribution >= 4 is 11.6 Å². The minimum absolute atomic E-state index is 0.00767. The number of hydrogen-bond donors (Lipinski definition) is 2. The minimum atomic E-state index is -0.135. The van der Waals surface area contributed by atoms with Crippen LogP contribution in [0.5, 0.6) is 5.75 Å². The van der Waals surface area contributed by atoms with Gasteiger partial charge in [0.05, 0.1) is 7.11 Å². The second kappa shape index (κ2) is 4.53. The Morgan fingerprint density at radius 3 is 3.06 bits per heavy atom. The van der Waals surface area contributed by atoms with E-state index in [-0.39, 0.29) is 18.4 Å². The summed E-state index contributed by atoms with van der Waals surface area (Å²) in [5.74, 6) is 0.647. The molecular weight excluding hydrogens is 206 g/mol. The van der Waals surface area contributed by atoms with Gasteiger partial charge in [0.1, 0.15) is 5.75 Å². The Bertz CT molecular complexity index is 403. The predicted octanol–water partition coefficient (Wildman–Crippen LogP) is 1.19. The molecule has 1 aliphatic rings. The molecule has 1 heterocycles. The van der Waals surface area contributed by atoms with Crippen molar-refractivity contribution in [3.05, 3.63) is 23.8 Å². The van der Waals surface area contributed by atoms with E-state index in [1.165, 1.54) is 0 Å². The number of amides is 1. The summed E-state index contributed by atoms with van der Waals surface area (Å²) in [6.07, 6.45) is 1.17. The molecule has 16 heavy (non-hydrogen) atoms. The molecule has 86 valence electrons. The molecule has 0 aliphatic carbocycles. The van der Waals surface area contributed by atoms with Gasteiger partial charge in [-0.2, -0.15) is 0 Å². The van der Waals surface area contributed by atoms with Crippen molar-refractivity contribution < 1.29 is 14.6 Å². The molecule has 1 unspecified atom stereocenters. The Kier molecular flexibility index (Phi) is 3.10. The van der Waals surface area contributed by atoms with Crippen LogP contribution in [-0.4, -0.2) is 24.7 Å². The van der Waals surface area contributed by atoms with Crippen LogP contribution in [0.25, 0.3) is 0 Å². The van der Waals surface area contributed by atoms with Crippen LogP contribution >= 0.6 is 0 Å². The number of rotatable bonds is 3. The van der Waals surface area contributed by atoms with Crippen LogP contribution in [-0.2, 0) is 11.2 Å². The van der Waals surface area contributed by atoms with Gasteiger partial charge in [-0.25, -0.2) is 0 Å². The van der Waals surface area contributed by atoms with Gasteiger partial charge in [-0.1, -0.05) is 0 Å². The summed E-state index contributed by atoms with van der Waals surface area (Å²) in [5, 5.41) is 11.7. The largest absolute Gasteiger partial charge is 0.497 e. The number of carbonyl (C=O) groups is 1. The molecule has 0 bridgehead atoms. The smallest absolute Gasteiger partial charge is 0.227 e. The molecular formula is C12H15NO3. The van der Waals surface area contributed by atoms with E-state index >= 15 is 0 Å². The number of benzene rings is 1. The van der Waals surface area contributed by atoms with Crippen LogP contribution in [0.4, 0.5) is 5.69 Å². The molecule has 1 aromatic rings.